The first-order valence-corrected chi connectivity index (χ1v) is 11.0. The molecule has 1 aromatic carbocycles. The first kappa shape index (κ1) is 20.4. The van der Waals surface area contributed by atoms with Crippen molar-refractivity contribution < 1.29 is 14.0 Å². The van der Waals surface area contributed by atoms with Crippen molar-refractivity contribution in [2.75, 3.05) is 13.6 Å². The number of piperazine rings is 1. The second kappa shape index (κ2) is 8.19. The van der Waals surface area contributed by atoms with Gasteiger partial charge < -0.3 is 19.5 Å². The summed E-state index contributed by atoms with van der Waals surface area (Å²) in [5.41, 5.74) is 4.14. The highest BCUT2D eigenvalue weighted by atomic mass is 16.3. The summed E-state index contributed by atoms with van der Waals surface area (Å²) in [5.74, 6) is 0.693. The molecule has 1 N–H and O–H groups in total. The number of rotatable bonds is 4. The maximum Gasteiger partial charge on any atom is 0.245 e. The zero-order valence-corrected chi connectivity index (χ0v) is 18.4. The second-order valence-electron chi connectivity index (χ2n) is 8.65. The van der Waals surface area contributed by atoms with Gasteiger partial charge in [-0.2, -0.15) is 0 Å². The number of hydrogen-bond acceptors (Lipinski definition) is 4. The largest absolute Gasteiger partial charge is 0.459 e. The van der Waals surface area contributed by atoms with Crippen molar-refractivity contribution in [3.63, 3.8) is 0 Å². The van der Waals surface area contributed by atoms with Crippen LogP contribution >= 0.6 is 0 Å². The number of carbonyl (C=O) groups excluding carboxylic acids is 2. The highest BCUT2D eigenvalue weighted by molar-refractivity contribution is 5.95. The molecule has 6 nitrogen and oxygen atoms in total. The summed E-state index contributed by atoms with van der Waals surface area (Å²) in [4.78, 5) is 29.5. The Kier molecular flexibility index (Phi) is 5.21. The van der Waals surface area contributed by atoms with E-state index >= 15 is 0 Å². The molecule has 2 aliphatic heterocycles. The van der Waals surface area contributed by atoms with Gasteiger partial charge in [0.1, 0.15) is 17.4 Å². The van der Waals surface area contributed by atoms with Gasteiger partial charge in [0.25, 0.3) is 0 Å². The van der Waals surface area contributed by atoms with Crippen LogP contribution in [0.25, 0.3) is 11.0 Å². The molecule has 0 bridgehead atoms. The molecule has 0 radical (unpaired) electrons. The third kappa shape index (κ3) is 3.66. The van der Waals surface area contributed by atoms with Crippen LogP contribution in [-0.4, -0.2) is 41.2 Å². The molecule has 164 valence electrons. The van der Waals surface area contributed by atoms with E-state index in [0.717, 1.165) is 34.4 Å². The van der Waals surface area contributed by atoms with E-state index in [2.05, 4.69) is 35.7 Å². The first-order valence-electron chi connectivity index (χ1n) is 11.0. The zero-order valence-electron chi connectivity index (χ0n) is 18.4. The first-order chi connectivity index (χ1) is 15.5. The van der Waals surface area contributed by atoms with E-state index in [1.165, 1.54) is 4.90 Å². The van der Waals surface area contributed by atoms with E-state index in [9.17, 15) is 9.59 Å². The van der Waals surface area contributed by atoms with E-state index in [-0.39, 0.29) is 30.8 Å². The lowest BCUT2D eigenvalue weighted by atomic mass is 9.89. The molecule has 1 saturated heterocycles. The van der Waals surface area contributed by atoms with Crippen LogP contribution in [0, 0.1) is 5.92 Å². The Hall–Kier alpha value is -3.54. The molecule has 1 fully saturated rings. The molecule has 1 unspecified atom stereocenters. The van der Waals surface area contributed by atoms with E-state index in [1.807, 2.05) is 37.3 Å². The summed E-state index contributed by atoms with van der Waals surface area (Å²) in [5, 5.41) is 4.48. The number of nitrogens with zero attached hydrogens (tertiary/aromatic N) is 2. The number of amides is 2. The standard InChI is InChI=1S/C26H27N3O3/c1-17-21(20-10-5-3-4-6-11-22(20)27-17)14-23-26(31)28(2)16-25(30)29(23)15-19-13-18-9-7-8-12-24(18)32-19/h3-5,7-13,20,23,27H,6,14-16H2,1-2H3/b4-3-,10-5?,22-11?/t20?,23-/m0/s1. The average Bonchev–Trinajstić information content (AvgIpc) is 3.29. The number of likely N-dealkylation sites (N-methyl/N-ethyl adjacent to an activating group) is 1. The van der Waals surface area contributed by atoms with Gasteiger partial charge in [0.05, 0.1) is 13.1 Å². The van der Waals surface area contributed by atoms with Crippen molar-refractivity contribution >= 4 is 22.8 Å². The Labute approximate surface area is 187 Å². The quantitative estimate of drug-likeness (QED) is 0.801. The Bertz CT molecular complexity index is 1170. The van der Waals surface area contributed by atoms with Crippen LogP contribution in [0.4, 0.5) is 0 Å². The van der Waals surface area contributed by atoms with Crippen molar-refractivity contribution in [2.45, 2.75) is 32.4 Å². The van der Waals surface area contributed by atoms with Gasteiger partial charge in [-0.1, -0.05) is 48.6 Å². The lowest BCUT2D eigenvalue weighted by Gasteiger charge is -2.39. The van der Waals surface area contributed by atoms with Gasteiger partial charge in [-0.05, 0) is 31.1 Å². The lowest BCUT2D eigenvalue weighted by Crippen LogP contribution is -2.58. The van der Waals surface area contributed by atoms with E-state index in [1.54, 1.807) is 11.9 Å². The van der Waals surface area contributed by atoms with Gasteiger partial charge >= 0.3 is 0 Å². The van der Waals surface area contributed by atoms with Crippen LogP contribution in [0.15, 0.2) is 82.1 Å². The number of para-hydroxylation sites is 1. The summed E-state index contributed by atoms with van der Waals surface area (Å²) < 4.78 is 5.97. The van der Waals surface area contributed by atoms with Gasteiger partial charge in [0.2, 0.25) is 11.8 Å². The Balaban J connectivity index is 1.45. The minimum atomic E-state index is -0.560. The van der Waals surface area contributed by atoms with Crippen LogP contribution in [-0.2, 0) is 16.1 Å². The van der Waals surface area contributed by atoms with Gasteiger partial charge in [0.15, 0.2) is 0 Å². The molecule has 0 saturated carbocycles. The van der Waals surface area contributed by atoms with Crippen molar-refractivity contribution in [1.82, 2.24) is 15.1 Å². The highest BCUT2D eigenvalue weighted by Crippen LogP contribution is 2.36. The summed E-state index contributed by atoms with van der Waals surface area (Å²) in [6.07, 6.45) is 11.9. The number of hydrogen-bond donors (Lipinski definition) is 1. The number of furan rings is 1. The van der Waals surface area contributed by atoms with Crippen LogP contribution < -0.4 is 5.32 Å². The van der Waals surface area contributed by atoms with Crippen molar-refractivity contribution in [1.29, 1.82) is 0 Å². The number of fused-ring (bicyclic) bond motifs is 2. The maximum absolute atomic E-state index is 13.2. The molecule has 2 aromatic rings. The predicted molar refractivity (Wildman–Crippen MR) is 123 cm³/mol. The van der Waals surface area contributed by atoms with E-state index < -0.39 is 6.04 Å². The van der Waals surface area contributed by atoms with Gasteiger partial charge in [-0.25, -0.2) is 0 Å². The Morgan fingerprint density at radius 3 is 2.88 bits per heavy atom. The SMILES string of the molecule is CC1=C(C[C@H]2C(=O)N(C)CC(=O)N2Cc2cc3ccccc3o2)C2C=C/C=C\CC=C2N1. The molecule has 1 aliphatic carbocycles. The third-order valence-corrected chi connectivity index (χ3v) is 6.49. The second-order valence-corrected chi connectivity index (χ2v) is 8.65. The van der Waals surface area contributed by atoms with Crippen molar-refractivity contribution in [2.24, 2.45) is 5.92 Å². The smallest absolute Gasteiger partial charge is 0.245 e. The molecule has 6 heteroatoms. The normalized spacial score (nSPS) is 24.4. The lowest BCUT2D eigenvalue weighted by molar-refractivity contribution is -0.155. The minimum Gasteiger partial charge on any atom is -0.459 e. The van der Waals surface area contributed by atoms with Crippen LogP contribution in [0.3, 0.4) is 0 Å². The third-order valence-electron chi connectivity index (χ3n) is 6.49. The summed E-state index contributed by atoms with van der Waals surface area (Å²) >= 11 is 0. The van der Waals surface area contributed by atoms with Crippen molar-refractivity contribution in [3.8, 4) is 0 Å². The highest BCUT2D eigenvalue weighted by Gasteiger charge is 2.40. The maximum atomic E-state index is 13.2. The Morgan fingerprint density at radius 2 is 2.03 bits per heavy atom. The molecule has 0 spiro atoms. The number of allylic oxidation sites excluding steroid dienone is 6. The molecule has 1 aromatic heterocycles. The van der Waals surface area contributed by atoms with Gasteiger partial charge in [0, 0.05) is 36.2 Å². The molecule has 5 rings (SSSR count). The molecular formula is C26H27N3O3. The van der Waals surface area contributed by atoms with E-state index in [0.29, 0.717) is 12.2 Å². The molecule has 3 aliphatic rings. The predicted octanol–water partition coefficient (Wildman–Crippen LogP) is 3.89. The van der Waals surface area contributed by atoms with Crippen LogP contribution in [0.5, 0.6) is 0 Å². The molecule has 3 heterocycles. The Morgan fingerprint density at radius 1 is 1.19 bits per heavy atom. The fraction of sp³-hybridized carbons (Fsp3) is 0.308. The minimum absolute atomic E-state index is 0.0341. The van der Waals surface area contributed by atoms with Crippen LogP contribution in [0.2, 0.25) is 0 Å². The summed E-state index contributed by atoms with van der Waals surface area (Å²) in [6, 6.07) is 9.17. The number of carbonyl (C=O) groups is 2. The van der Waals surface area contributed by atoms with Gasteiger partial charge in [-0.15, -0.1) is 0 Å². The zero-order chi connectivity index (χ0) is 22.2. The monoisotopic (exact) mass is 429 g/mol. The molecule has 2 amide bonds. The number of nitrogens with one attached hydrogen (secondary N) is 1. The van der Waals surface area contributed by atoms with Gasteiger partial charge in [-0.3, -0.25) is 9.59 Å². The summed E-state index contributed by atoms with van der Waals surface area (Å²) in [6.45, 7) is 2.42. The van der Waals surface area contributed by atoms with E-state index in [4.69, 9.17) is 4.42 Å². The fourth-order valence-electron chi connectivity index (χ4n) is 4.82. The topological polar surface area (TPSA) is 65.8 Å². The van der Waals surface area contributed by atoms with Crippen molar-refractivity contribution in [3.05, 3.63) is 83.4 Å². The number of benzene rings is 1. The molecule has 32 heavy (non-hydrogen) atoms. The molecule has 2 atom stereocenters. The van der Waals surface area contributed by atoms with Crippen LogP contribution in [0.1, 0.15) is 25.5 Å². The average molecular weight is 430 g/mol. The molecular weight excluding hydrogens is 402 g/mol. The summed E-state index contributed by atoms with van der Waals surface area (Å²) in [7, 11) is 1.70. The fourth-order valence-corrected chi connectivity index (χ4v) is 4.82.